The molecule has 5 nitrogen and oxygen atoms in total. The highest BCUT2D eigenvalue weighted by Gasteiger charge is 2.47. The van der Waals surface area contributed by atoms with E-state index in [0.717, 1.165) is 0 Å². The number of halogens is 1. The molecule has 2 rings (SSSR count). The molecule has 2 heterocycles. The van der Waals surface area contributed by atoms with E-state index in [4.69, 9.17) is 10.2 Å². The zero-order valence-corrected chi connectivity index (χ0v) is 16.1. The second-order valence-electron chi connectivity index (χ2n) is 8.14. The molecule has 1 aliphatic rings. The smallest absolute Gasteiger partial charge is 0.227 e. The van der Waals surface area contributed by atoms with Gasteiger partial charge in [-0.05, 0) is 37.5 Å². The summed E-state index contributed by atoms with van der Waals surface area (Å²) in [5, 5.41) is 0.0667. The fourth-order valence-corrected chi connectivity index (χ4v) is 3.96. The maximum Gasteiger partial charge on any atom is 0.227 e. The first-order valence-electron chi connectivity index (χ1n) is 8.13. The van der Waals surface area contributed by atoms with Crippen molar-refractivity contribution in [3.05, 3.63) is 12.3 Å². The molecule has 1 fully saturated rings. The molecule has 0 aliphatic carbocycles. The van der Waals surface area contributed by atoms with Crippen LogP contribution in [0, 0.1) is 0 Å². The Hall–Kier alpha value is -1.21. The second kappa shape index (κ2) is 6.01. The predicted octanol–water partition coefficient (Wildman–Crippen LogP) is 3.39. The molecule has 1 unspecified atom stereocenters. The first-order chi connectivity index (χ1) is 10.4. The van der Waals surface area contributed by atoms with E-state index in [-0.39, 0.29) is 17.7 Å². The number of nitrogens with zero attached hydrogens (tertiary/aromatic N) is 3. The molecule has 2 N–H and O–H groups in total. The molecule has 1 saturated heterocycles. The van der Waals surface area contributed by atoms with E-state index in [9.17, 15) is 0 Å². The van der Waals surface area contributed by atoms with Crippen LogP contribution in [0.4, 0.5) is 16.2 Å². The molecule has 2 atom stereocenters. The normalized spacial score (nSPS) is 26.4. The van der Waals surface area contributed by atoms with Crippen LogP contribution >= 0.6 is 0 Å². The third-order valence-corrected chi connectivity index (χ3v) is 9.51. The van der Waals surface area contributed by atoms with Crippen molar-refractivity contribution in [1.82, 2.24) is 9.97 Å². The summed E-state index contributed by atoms with van der Waals surface area (Å²) in [5.74, 6) is 0.884. The number of nitrogens with two attached hydrogens (primary N) is 1. The third kappa shape index (κ3) is 4.01. The van der Waals surface area contributed by atoms with Gasteiger partial charge in [0.15, 0.2) is 8.32 Å². The van der Waals surface area contributed by atoms with E-state index in [1.165, 1.54) is 0 Å². The topological polar surface area (TPSA) is 64.3 Å². The summed E-state index contributed by atoms with van der Waals surface area (Å²) >= 11 is 0. The molecule has 0 bridgehead atoms. The maximum atomic E-state index is 15.3. The Kier molecular flexibility index (Phi) is 4.74. The van der Waals surface area contributed by atoms with E-state index in [1.807, 2.05) is 4.90 Å². The number of hydrogen-bond donors (Lipinski definition) is 1. The zero-order valence-electron chi connectivity index (χ0n) is 15.1. The van der Waals surface area contributed by atoms with Crippen LogP contribution in [0.2, 0.25) is 18.1 Å². The molecule has 23 heavy (non-hydrogen) atoms. The van der Waals surface area contributed by atoms with E-state index >= 15 is 4.39 Å². The maximum absolute atomic E-state index is 15.3. The molecular formula is C16H29FN4OSi. The molecular weight excluding hydrogens is 311 g/mol. The second-order valence-corrected chi connectivity index (χ2v) is 12.9. The summed E-state index contributed by atoms with van der Waals surface area (Å²) in [6.07, 6.45) is 1.84. The highest BCUT2D eigenvalue weighted by Crippen LogP contribution is 2.40. The van der Waals surface area contributed by atoms with Gasteiger partial charge in [-0.15, -0.1) is 0 Å². The Bertz CT molecular complexity index is 559. The van der Waals surface area contributed by atoms with Gasteiger partial charge in [0, 0.05) is 12.7 Å². The van der Waals surface area contributed by atoms with Crippen LogP contribution in [0.1, 0.15) is 34.1 Å². The molecule has 0 saturated carbocycles. The van der Waals surface area contributed by atoms with Gasteiger partial charge in [-0.25, -0.2) is 9.37 Å². The fourth-order valence-electron chi connectivity index (χ4n) is 2.53. The van der Waals surface area contributed by atoms with Gasteiger partial charge in [0.25, 0.3) is 0 Å². The standard InChI is InChI=1S/C16H29FN4OSi/c1-15(2,3)23(5,6)22-12-8-10-21(11-16(12,4)17)14-19-9-7-13(18)20-14/h7,9,12H,8,10-11H2,1-6H3,(H2,18,19,20)/t12?,16-/m0/s1. The first-order valence-corrected chi connectivity index (χ1v) is 11.0. The van der Waals surface area contributed by atoms with E-state index in [1.54, 1.807) is 19.2 Å². The fraction of sp³-hybridized carbons (Fsp3) is 0.750. The molecule has 130 valence electrons. The lowest BCUT2D eigenvalue weighted by Gasteiger charge is -2.46. The quantitative estimate of drug-likeness (QED) is 0.855. The summed E-state index contributed by atoms with van der Waals surface area (Å²) < 4.78 is 21.6. The minimum atomic E-state index is -2.00. The number of nitrogen functional groups attached to an aromatic ring is 1. The van der Waals surface area contributed by atoms with Gasteiger partial charge in [-0.3, -0.25) is 0 Å². The minimum Gasteiger partial charge on any atom is -0.411 e. The molecule has 0 aromatic carbocycles. The number of hydrogen-bond acceptors (Lipinski definition) is 5. The molecule has 1 aromatic heterocycles. The Morgan fingerprint density at radius 3 is 2.61 bits per heavy atom. The van der Waals surface area contributed by atoms with Crippen molar-refractivity contribution in [2.45, 2.75) is 64.0 Å². The minimum absolute atomic E-state index is 0.0667. The summed E-state index contributed by atoms with van der Waals surface area (Å²) in [5.41, 5.74) is 4.26. The van der Waals surface area contributed by atoms with Gasteiger partial charge < -0.3 is 15.1 Å². The van der Waals surface area contributed by atoms with E-state index in [0.29, 0.717) is 24.7 Å². The first kappa shape index (κ1) is 18.1. The Morgan fingerprint density at radius 1 is 1.43 bits per heavy atom. The van der Waals surface area contributed by atoms with Crippen molar-refractivity contribution in [1.29, 1.82) is 0 Å². The lowest BCUT2D eigenvalue weighted by atomic mass is 9.94. The monoisotopic (exact) mass is 340 g/mol. The summed E-state index contributed by atoms with van der Waals surface area (Å²) in [6, 6.07) is 1.63. The third-order valence-electron chi connectivity index (χ3n) is 5.02. The van der Waals surface area contributed by atoms with Gasteiger partial charge in [0.1, 0.15) is 11.5 Å². The SMILES string of the molecule is CC(C)(C)[Si](C)(C)OC1CCN(c2nccc(N)n2)C[C@]1(C)F. The average molecular weight is 341 g/mol. The van der Waals surface area contributed by atoms with Crippen LogP contribution in [0.15, 0.2) is 12.3 Å². The van der Waals surface area contributed by atoms with Crippen LogP contribution < -0.4 is 10.6 Å². The van der Waals surface area contributed by atoms with Crippen molar-refractivity contribution in [2.75, 3.05) is 23.7 Å². The highest BCUT2D eigenvalue weighted by molar-refractivity contribution is 6.74. The number of aromatic nitrogens is 2. The highest BCUT2D eigenvalue weighted by atomic mass is 28.4. The number of anilines is 2. The molecule has 1 aliphatic heterocycles. The Morgan fingerprint density at radius 2 is 2.09 bits per heavy atom. The van der Waals surface area contributed by atoms with Gasteiger partial charge >= 0.3 is 0 Å². The van der Waals surface area contributed by atoms with Crippen molar-refractivity contribution < 1.29 is 8.82 Å². The van der Waals surface area contributed by atoms with Crippen molar-refractivity contribution in [3.8, 4) is 0 Å². The largest absolute Gasteiger partial charge is 0.411 e. The van der Waals surface area contributed by atoms with Crippen LogP contribution in [-0.2, 0) is 4.43 Å². The lowest BCUT2D eigenvalue weighted by Crippen LogP contribution is -2.58. The molecule has 0 amide bonds. The van der Waals surface area contributed by atoms with Crippen molar-refractivity contribution >= 4 is 20.1 Å². The van der Waals surface area contributed by atoms with Crippen LogP contribution in [-0.4, -0.2) is 43.1 Å². The molecule has 0 spiro atoms. The van der Waals surface area contributed by atoms with Gasteiger partial charge in [-0.2, -0.15) is 4.98 Å². The van der Waals surface area contributed by atoms with Crippen LogP contribution in [0.25, 0.3) is 0 Å². The van der Waals surface area contributed by atoms with Crippen molar-refractivity contribution in [3.63, 3.8) is 0 Å². The number of piperidine rings is 1. The van der Waals surface area contributed by atoms with E-state index < -0.39 is 14.0 Å². The number of alkyl halides is 1. The summed E-state index contributed by atoms with van der Waals surface area (Å²) in [7, 11) is -2.00. The predicted molar refractivity (Wildman–Crippen MR) is 94.9 cm³/mol. The Balaban J connectivity index is 2.12. The Labute approximate surface area is 139 Å². The average Bonchev–Trinajstić information content (AvgIpc) is 2.39. The summed E-state index contributed by atoms with van der Waals surface area (Å²) in [6.45, 7) is 13.3. The van der Waals surface area contributed by atoms with Crippen molar-refractivity contribution in [2.24, 2.45) is 0 Å². The van der Waals surface area contributed by atoms with Crippen LogP contribution in [0.5, 0.6) is 0 Å². The molecule has 7 heteroatoms. The summed E-state index contributed by atoms with van der Waals surface area (Å²) in [4.78, 5) is 10.2. The molecule has 1 aromatic rings. The lowest BCUT2D eigenvalue weighted by molar-refractivity contribution is -0.0000974. The molecule has 0 radical (unpaired) electrons. The zero-order chi connectivity index (χ0) is 17.5. The van der Waals surface area contributed by atoms with Crippen LogP contribution in [0.3, 0.4) is 0 Å². The van der Waals surface area contributed by atoms with Gasteiger partial charge in [0.05, 0.1) is 12.6 Å². The van der Waals surface area contributed by atoms with E-state index in [2.05, 4.69) is 43.8 Å². The number of rotatable bonds is 3. The van der Waals surface area contributed by atoms with Gasteiger partial charge in [0.2, 0.25) is 5.95 Å². The van der Waals surface area contributed by atoms with Gasteiger partial charge in [-0.1, -0.05) is 20.8 Å².